The van der Waals surface area contributed by atoms with Crippen LogP contribution in [0.5, 0.6) is 11.5 Å². The number of methoxy groups -OCH3 is 2. The lowest BCUT2D eigenvalue weighted by molar-refractivity contribution is 0.354. The summed E-state index contributed by atoms with van der Waals surface area (Å²) in [7, 11) is 3.23. The third-order valence-electron chi connectivity index (χ3n) is 3.18. The number of halogens is 2. The molecule has 0 aliphatic heterocycles. The molecule has 21 heavy (non-hydrogen) atoms. The highest BCUT2D eigenvalue weighted by Crippen LogP contribution is 2.30. The van der Waals surface area contributed by atoms with Gasteiger partial charge < -0.3 is 14.8 Å². The van der Waals surface area contributed by atoms with Crippen molar-refractivity contribution in [3.8, 4) is 11.5 Å². The molecule has 5 heteroatoms. The van der Waals surface area contributed by atoms with Crippen molar-refractivity contribution >= 4 is 28.9 Å². The number of aryl methyl sites for hydroxylation is 1. The van der Waals surface area contributed by atoms with Gasteiger partial charge in [-0.25, -0.2) is 0 Å². The number of benzene rings is 2. The Hall–Kier alpha value is -1.58. The summed E-state index contributed by atoms with van der Waals surface area (Å²) in [6.07, 6.45) is 0. The van der Waals surface area contributed by atoms with E-state index in [1.54, 1.807) is 14.2 Å². The molecular weight excluding hydrogens is 309 g/mol. The van der Waals surface area contributed by atoms with Crippen LogP contribution in [0.15, 0.2) is 30.3 Å². The molecule has 0 atom stereocenters. The molecular formula is C16H17Cl2NO2. The van der Waals surface area contributed by atoms with Crippen LogP contribution in [0.25, 0.3) is 0 Å². The first kappa shape index (κ1) is 15.8. The second-order valence-corrected chi connectivity index (χ2v) is 5.44. The van der Waals surface area contributed by atoms with Gasteiger partial charge in [0.15, 0.2) is 11.5 Å². The van der Waals surface area contributed by atoms with Crippen LogP contribution < -0.4 is 14.8 Å². The van der Waals surface area contributed by atoms with Crippen LogP contribution in [0.3, 0.4) is 0 Å². The fourth-order valence-corrected chi connectivity index (χ4v) is 2.42. The average molecular weight is 326 g/mol. The molecule has 0 aliphatic rings. The Bertz CT molecular complexity index is 644. The largest absolute Gasteiger partial charge is 0.493 e. The number of hydrogen-bond acceptors (Lipinski definition) is 3. The molecule has 1 N–H and O–H groups in total. The molecule has 0 amide bonds. The zero-order chi connectivity index (χ0) is 15.4. The van der Waals surface area contributed by atoms with Gasteiger partial charge in [0.25, 0.3) is 0 Å². The van der Waals surface area contributed by atoms with Crippen molar-refractivity contribution in [1.29, 1.82) is 0 Å². The topological polar surface area (TPSA) is 30.5 Å². The van der Waals surface area contributed by atoms with Crippen LogP contribution in [0, 0.1) is 6.92 Å². The molecule has 0 unspecified atom stereocenters. The van der Waals surface area contributed by atoms with Crippen LogP contribution in [0.2, 0.25) is 10.0 Å². The lowest BCUT2D eigenvalue weighted by Gasteiger charge is -2.12. The number of hydrogen-bond donors (Lipinski definition) is 1. The summed E-state index contributed by atoms with van der Waals surface area (Å²) in [5.41, 5.74) is 2.82. The summed E-state index contributed by atoms with van der Waals surface area (Å²) in [5, 5.41) is 4.61. The van der Waals surface area contributed by atoms with E-state index in [2.05, 4.69) is 5.32 Å². The Morgan fingerprint density at radius 1 is 0.952 bits per heavy atom. The highest BCUT2D eigenvalue weighted by Gasteiger charge is 2.07. The van der Waals surface area contributed by atoms with Crippen LogP contribution in [-0.4, -0.2) is 14.2 Å². The molecule has 0 heterocycles. The van der Waals surface area contributed by atoms with Crippen LogP contribution in [0.4, 0.5) is 5.69 Å². The van der Waals surface area contributed by atoms with Gasteiger partial charge in [0.1, 0.15) is 0 Å². The molecule has 3 nitrogen and oxygen atoms in total. The molecule has 2 aromatic carbocycles. The zero-order valence-corrected chi connectivity index (χ0v) is 13.7. The fourth-order valence-electron chi connectivity index (χ4n) is 1.97. The molecule has 0 aromatic heterocycles. The van der Waals surface area contributed by atoms with E-state index in [0.29, 0.717) is 28.1 Å². The summed E-state index contributed by atoms with van der Waals surface area (Å²) in [4.78, 5) is 0. The van der Waals surface area contributed by atoms with Gasteiger partial charge in [-0.05, 0) is 42.3 Å². The summed E-state index contributed by atoms with van der Waals surface area (Å²) in [6.45, 7) is 2.53. The van der Waals surface area contributed by atoms with Gasteiger partial charge in [0, 0.05) is 11.6 Å². The molecule has 112 valence electrons. The number of nitrogens with one attached hydrogen (secondary N) is 1. The summed E-state index contributed by atoms with van der Waals surface area (Å²) < 4.78 is 10.5. The predicted molar refractivity (Wildman–Crippen MR) is 88.1 cm³/mol. The van der Waals surface area contributed by atoms with Gasteiger partial charge in [-0.3, -0.25) is 0 Å². The van der Waals surface area contributed by atoms with Gasteiger partial charge in [-0.15, -0.1) is 0 Å². The van der Waals surface area contributed by atoms with Gasteiger partial charge in [-0.1, -0.05) is 29.3 Å². The molecule has 0 bridgehead atoms. The van der Waals surface area contributed by atoms with E-state index in [-0.39, 0.29) is 0 Å². The minimum absolute atomic E-state index is 0.611. The first-order chi connectivity index (χ1) is 10.0. The Labute approximate surface area is 134 Å². The first-order valence-corrected chi connectivity index (χ1v) is 7.21. The van der Waals surface area contributed by atoms with Crippen molar-refractivity contribution < 1.29 is 9.47 Å². The first-order valence-electron chi connectivity index (χ1n) is 6.45. The third-order valence-corrected chi connectivity index (χ3v) is 3.90. The monoisotopic (exact) mass is 325 g/mol. The zero-order valence-electron chi connectivity index (χ0n) is 12.2. The highest BCUT2D eigenvalue weighted by atomic mass is 35.5. The summed E-state index contributed by atoms with van der Waals surface area (Å²) >= 11 is 12.3. The van der Waals surface area contributed by atoms with Crippen molar-refractivity contribution in [2.75, 3.05) is 19.5 Å². The SMILES string of the molecule is COc1ccc(CNc2cc(Cl)c(C)cc2Cl)cc1OC. The second-order valence-electron chi connectivity index (χ2n) is 4.62. The normalized spacial score (nSPS) is 10.3. The molecule has 0 fully saturated rings. The van der Waals surface area contributed by atoms with Gasteiger partial charge in [0.2, 0.25) is 0 Å². The molecule has 2 rings (SSSR count). The predicted octanol–water partition coefficient (Wildman–Crippen LogP) is 4.93. The maximum Gasteiger partial charge on any atom is 0.161 e. The van der Waals surface area contributed by atoms with E-state index in [1.807, 2.05) is 37.3 Å². The van der Waals surface area contributed by atoms with Crippen molar-refractivity contribution in [1.82, 2.24) is 0 Å². The average Bonchev–Trinajstić information content (AvgIpc) is 2.49. The van der Waals surface area contributed by atoms with E-state index < -0.39 is 0 Å². The van der Waals surface area contributed by atoms with E-state index >= 15 is 0 Å². The maximum absolute atomic E-state index is 6.21. The van der Waals surface area contributed by atoms with Gasteiger partial charge >= 0.3 is 0 Å². The van der Waals surface area contributed by atoms with E-state index in [0.717, 1.165) is 16.8 Å². The minimum Gasteiger partial charge on any atom is -0.493 e. The number of anilines is 1. The lowest BCUT2D eigenvalue weighted by atomic mass is 10.2. The molecule has 0 spiro atoms. The Morgan fingerprint density at radius 2 is 1.67 bits per heavy atom. The number of rotatable bonds is 5. The second kappa shape index (κ2) is 6.92. The molecule has 0 saturated carbocycles. The Morgan fingerprint density at radius 3 is 2.33 bits per heavy atom. The molecule has 0 radical (unpaired) electrons. The molecule has 0 aliphatic carbocycles. The van der Waals surface area contributed by atoms with Crippen LogP contribution >= 0.6 is 23.2 Å². The van der Waals surface area contributed by atoms with E-state index in [4.69, 9.17) is 32.7 Å². The van der Waals surface area contributed by atoms with E-state index in [9.17, 15) is 0 Å². The Balaban J connectivity index is 2.15. The standard InChI is InChI=1S/C16H17Cl2NO2/c1-10-6-13(18)14(8-12(10)17)19-9-11-4-5-15(20-2)16(7-11)21-3/h4-8,19H,9H2,1-3H3. The van der Waals surface area contributed by atoms with Crippen LogP contribution in [0.1, 0.15) is 11.1 Å². The van der Waals surface area contributed by atoms with Crippen molar-refractivity contribution in [3.63, 3.8) is 0 Å². The van der Waals surface area contributed by atoms with Crippen molar-refractivity contribution in [2.45, 2.75) is 13.5 Å². The molecule has 2 aromatic rings. The van der Waals surface area contributed by atoms with Crippen LogP contribution in [-0.2, 0) is 6.54 Å². The third kappa shape index (κ3) is 3.74. The molecule has 0 saturated heterocycles. The lowest BCUT2D eigenvalue weighted by Crippen LogP contribution is -2.01. The van der Waals surface area contributed by atoms with Gasteiger partial charge in [0.05, 0.1) is 24.9 Å². The smallest absolute Gasteiger partial charge is 0.161 e. The quantitative estimate of drug-likeness (QED) is 0.845. The van der Waals surface area contributed by atoms with E-state index in [1.165, 1.54) is 0 Å². The Kier molecular flexibility index (Phi) is 5.21. The minimum atomic E-state index is 0.611. The summed E-state index contributed by atoms with van der Waals surface area (Å²) in [5.74, 6) is 1.41. The fraction of sp³-hybridized carbons (Fsp3) is 0.250. The number of ether oxygens (including phenoxy) is 2. The summed E-state index contributed by atoms with van der Waals surface area (Å²) in [6, 6.07) is 9.45. The highest BCUT2D eigenvalue weighted by molar-refractivity contribution is 6.35. The van der Waals surface area contributed by atoms with Crippen molar-refractivity contribution in [3.05, 3.63) is 51.5 Å². The maximum atomic E-state index is 6.21. The van der Waals surface area contributed by atoms with Gasteiger partial charge in [-0.2, -0.15) is 0 Å². The van der Waals surface area contributed by atoms with Crippen molar-refractivity contribution in [2.24, 2.45) is 0 Å².